The topological polar surface area (TPSA) is 69.0 Å². The van der Waals surface area contributed by atoms with Crippen LogP contribution in [0.4, 0.5) is 11.5 Å². The van der Waals surface area contributed by atoms with Crippen molar-refractivity contribution in [3.05, 3.63) is 119 Å². The third-order valence-corrected chi connectivity index (χ3v) is 5.28. The average Bonchev–Trinajstić information content (AvgIpc) is 2.84. The number of nitrogens with zero attached hydrogens (tertiary/aromatic N) is 3. The van der Waals surface area contributed by atoms with E-state index in [1.54, 1.807) is 30.6 Å². The summed E-state index contributed by atoms with van der Waals surface area (Å²) in [7, 11) is 0. The van der Waals surface area contributed by atoms with Gasteiger partial charge in [-0.05, 0) is 49.4 Å². The number of nitrogens with one attached hydrogen (secondary N) is 1. The second-order valence-corrected chi connectivity index (χ2v) is 7.63. The first-order valence-electron chi connectivity index (χ1n) is 10.7. The van der Waals surface area contributed by atoms with Crippen molar-refractivity contribution in [3.8, 4) is 11.4 Å². The lowest BCUT2D eigenvalue weighted by Gasteiger charge is -2.20. The molecule has 2 aromatic carbocycles. The number of anilines is 2. The van der Waals surface area contributed by atoms with E-state index in [1.165, 1.54) is 0 Å². The van der Waals surface area contributed by atoms with Gasteiger partial charge in [-0.3, -0.25) is 19.3 Å². The van der Waals surface area contributed by atoms with Crippen molar-refractivity contribution in [2.45, 2.75) is 13.5 Å². The third kappa shape index (κ3) is 4.32. The highest BCUT2D eigenvalue weighted by atomic mass is 16.5. The van der Waals surface area contributed by atoms with Gasteiger partial charge >= 0.3 is 0 Å². The van der Waals surface area contributed by atoms with E-state index in [4.69, 9.17) is 4.74 Å². The Labute approximate surface area is 191 Å². The summed E-state index contributed by atoms with van der Waals surface area (Å²) in [6, 6.07) is 26.9. The Balaban J connectivity index is 1.70. The molecule has 0 fully saturated rings. The molecule has 5 aromatic rings. The average molecular weight is 434 g/mol. The van der Waals surface area contributed by atoms with Crippen LogP contribution < -0.4 is 15.5 Å². The van der Waals surface area contributed by atoms with E-state index >= 15 is 0 Å². The number of ether oxygens (including phenoxy) is 1. The fraction of sp³-hybridized carbons (Fsp3) is 0.0741. The van der Waals surface area contributed by atoms with Crippen molar-refractivity contribution >= 4 is 22.4 Å². The molecule has 33 heavy (non-hydrogen) atoms. The molecule has 0 spiro atoms. The van der Waals surface area contributed by atoms with Gasteiger partial charge in [-0.25, -0.2) is 0 Å². The van der Waals surface area contributed by atoms with Gasteiger partial charge in [-0.15, -0.1) is 0 Å². The minimum Gasteiger partial charge on any atom is -0.487 e. The molecule has 0 aliphatic carbocycles. The summed E-state index contributed by atoms with van der Waals surface area (Å²) in [5, 5.41) is 3.94. The summed E-state index contributed by atoms with van der Waals surface area (Å²) < 4.78 is 7.97. The van der Waals surface area contributed by atoms with E-state index in [2.05, 4.69) is 15.3 Å². The molecule has 1 N–H and O–H groups in total. The minimum absolute atomic E-state index is 0.114. The predicted octanol–water partition coefficient (Wildman–Crippen LogP) is 5.41. The summed E-state index contributed by atoms with van der Waals surface area (Å²) in [6.45, 7) is 2.10. The number of aromatic nitrogens is 3. The predicted molar refractivity (Wildman–Crippen MR) is 130 cm³/mol. The Hall–Kier alpha value is -4.45. The second-order valence-electron chi connectivity index (χ2n) is 7.63. The van der Waals surface area contributed by atoms with Gasteiger partial charge in [-0.1, -0.05) is 36.4 Å². The lowest BCUT2D eigenvalue weighted by Crippen LogP contribution is -2.16. The molecule has 6 nitrogen and oxygen atoms in total. The number of fused-ring (bicyclic) bond motifs is 1. The Morgan fingerprint density at radius 1 is 0.909 bits per heavy atom. The molecule has 0 bridgehead atoms. The Kier molecular flexibility index (Phi) is 5.55. The van der Waals surface area contributed by atoms with Gasteiger partial charge < -0.3 is 10.1 Å². The van der Waals surface area contributed by atoms with Gasteiger partial charge in [0.2, 0.25) is 0 Å². The molecular formula is C27H22N4O2. The molecule has 0 radical (unpaired) electrons. The van der Waals surface area contributed by atoms with E-state index in [0.717, 1.165) is 22.6 Å². The van der Waals surface area contributed by atoms with Crippen molar-refractivity contribution in [1.29, 1.82) is 0 Å². The first-order chi connectivity index (χ1) is 16.2. The Morgan fingerprint density at radius 2 is 1.61 bits per heavy atom. The van der Waals surface area contributed by atoms with Crippen LogP contribution in [0.5, 0.6) is 5.75 Å². The van der Waals surface area contributed by atoms with Crippen molar-refractivity contribution in [1.82, 2.24) is 14.5 Å². The van der Waals surface area contributed by atoms with Crippen LogP contribution in [-0.4, -0.2) is 14.5 Å². The van der Waals surface area contributed by atoms with Gasteiger partial charge in [-0.2, -0.15) is 0 Å². The molecule has 3 heterocycles. The smallest absolute Gasteiger partial charge is 0.193 e. The van der Waals surface area contributed by atoms with Crippen LogP contribution in [0.15, 0.2) is 102 Å². The van der Waals surface area contributed by atoms with Crippen LogP contribution in [0.25, 0.3) is 16.6 Å². The number of pyridine rings is 3. The molecule has 6 heteroatoms. The molecule has 0 unspecified atom stereocenters. The number of hydrogen-bond acceptors (Lipinski definition) is 5. The normalized spacial score (nSPS) is 10.8. The lowest BCUT2D eigenvalue weighted by atomic mass is 10.1. The maximum Gasteiger partial charge on any atom is 0.193 e. The number of rotatable bonds is 6. The highest BCUT2D eigenvalue weighted by Gasteiger charge is 2.16. The standard InChI is InChI=1S/C27H22N4O2/c1-19-16-24-27(23(29-19)18-33-22-12-14-28-15-13-22)25(32)17-26(30-20-8-4-2-5-9-20)31(24)21-10-6-3-7-11-21/h2-17,30H,18H2,1H3. The quantitative estimate of drug-likeness (QED) is 0.387. The molecule has 0 aliphatic heterocycles. The van der Waals surface area contributed by atoms with Crippen molar-refractivity contribution < 1.29 is 4.74 Å². The zero-order valence-corrected chi connectivity index (χ0v) is 18.1. The monoisotopic (exact) mass is 434 g/mol. The van der Waals surface area contributed by atoms with Crippen LogP contribution in [0.3, 0.4) is 0 Å². The molecule has 0 amide bonds. The van der Waals surface area contributed by atoms with Gasteiger partial charge in [0.1, 0.15) is 18.2 Å². The van der Waals surface area contributed by atoms with Crippen LogP contribution in [0.1, 0.15) is 11.4 Å². The molecular weight excluding hydrogens is 412 g/mol. The van der Waals surface area contributed by atoms with E-state index < -0.39 is 0 Å². The zero-order chi connectivity index (χ0) is 22.6. The Bertz CT molecular complexity index is 1450. The van der Waals surface area contributed by atoms with Gasteiger partial charge in [0.05, 0.1) is 16.6 Å². The van der Waals surface area contributed by atoms with E-state index in [1.807, 2.05) is 78.2 Å². The highest BCUT2D eigenvalue weighted by molar-refractivity contribution is 5.86. The summed E-state index contributed by atoms with van der Waals surface area (Å²) >= 11 is 0. The molecule has 0 saturated carbocycles. The minimum atomic E-state index is -0.114. The van der Waals surface area contributed by atoms with Gasteiger partial charge in [0, 0.05) is 35.5 Å². The third-order valence-electron chi connectivity index (χ3n) is 5.28. The highest BCUT2D eigenvalue weighted by Crippen LogP contribution is 2.27. The van der Waals surface area contributed by atoms with Crippen LogP contribution in [0, 0.1) is 6.92 Å². The fourth-order valence-electron chi connectivity index (χ4n) is 3.86. The van der Waals surface area contributed by atoms with Crippen molar-refractivity contribution in [2.24, 2.45) is 0 Å². The van der Waals surface area contributed by atoms with Gasteiger partial charge in [0.15, 0.2) is 5.43 Å². The van der Waals surface area contributed by atoms with Gasteiger partial charge in [0.25, 0.3) is 0 Å². The molecule has 5 rings (SSSR count). The molecule has 0 atom stereocenters. The summed E-state index contributed by atoms with van der Waals surface area (Å²) in [5.74, 6) is 1.35. The maximum absolute atomic E-state index is 13.4. The summed E-state index contributed by atoms with van der Waals surface area (Å²) in [5.41, 5.74) is 3.89. The molecule has 3 aromatic heterocycles. The second kappa shape index (κ2) is 8.96. The lowest BCUT2D eigenvalue weighted by molar-refractivity contribution is 0.302. The SMILES string of the molecule is Cc1cc2c(c(COc3ccncc3)n1)c(=O)cc(Nc1ccccc1)n2-c1ccccc1. The number of benzene rings is 2. The van der Waals surface area contributed by atoms with Crippen molar-refractivity contribution in [3.63, 3.8) is 0 Å². The number of aryl methyl sites for hydroxylation is 1. The maximum atomic E-state index is 13.4. The summed E-state index contributed by atoms with van der Waals surface area (Å²) in [6.07, 6.45) is 3.34. The first-order valence-corrected chi connectivity index (χ1v) is 10.7. The molecule has 0 saturated heterocycles. The van der Waals surface area contributed by atoms with Crippen LogP contribution >= 0.6 is 0 Å². The fourth-order valence-corrected chi connectivity index (χ4v) is 3.86. The molecule has 0 aliphatic rings. The number of para-hydroxylation sites is 2. The van der Waals surface area contributed by atoms with Crippen LogP contribution in [-0.2, 0) is 6.61 Å². The van der Waals surface area contributed by atoms with Crippen LogP contribution in [0.2, 0.25) is 0 Å². The molecule has 162 valence electrons. The van der Waals surface area contributed by atoms with E-state index in [-0.39, 0.29) is 12.0 Å². The number of hydrogen-bond donors (Lipinski definition) is 1. The van der Waals surface area contributed by atoms with Crippen molar-refractivity contribution in [2.75, 3.05) is 5.32 Å². The van der Waals surface area contributed by atoms with E-state index in [0.29, 0.717) is 22.6 Å². The largest absolute Gasteiger partial charge is 0.487 e. The Morgan fingerprint density at radius 3 is 2.33 bits per heavy atom. The van der Waals surface area contributed by atoms with E-state index in [9.17, 15) is 4.79 Å². The zero-order valence-electron chi connectivity index (χ0n) is 18.1. The summed E-state index contributed by atoms with van der Waals surface area (Å²) in [4.78, 5) is 22.0. The first kappa shape index (κ1) is 20.5.